The summed E-state index contributed by atoms with van der Waals surface area (Å²) in [7, 11) is 3.13. The highest BCUT2D eigenvalue weighted by atomic mass is 32.2. The van der Waals surface area contributed by atoms with Gasteiger partial charge < -0.3 is 14.9 Å². The van der Waals surface area contributed by atoms with Crippen LogP contribution < -0.4 is 10.3 Å². The zero-order valence-electron chi connectivity index (χ0n) is 19.7. The number of hydrogen-bond acceptors (Lipinski definition) is 8. The van der Waals surface area contributed by atoms with Gasteiger partial charge in [0.2, 0.25) is 0 Å². The second-order valence-electron chi connectivity index (χ2n) is 7.83. The van der Waals surface area contributed by atoms with Gasteiger partial charge in [0.1, 0.15) is 5.25 Å². The molecule has 11 nitrogen and oxygen atoms in total. The third-order valence-corrected chi connectivity index (χ3v) is 6.66. The Hall–Kier alpha value is -4.32. The maximum atomic E-state index is 13.3. The molecule has 3 aromatic rings. The number of hydrogen-bond donors (Lipinski definition) is 2. The van der Waals surface area contributed by atoms with Crippen LogP contribution in [0.2, 0.25) is 0 Å². The van der Waals surface area contributed by atoms with Crippen LogP contribution in [0.3, 0.4) is 0 Å². The Kier molecular flexibility index (Phi) is 6.97. The normalized spacial score (nSPS) is 16.9. The lowest BCUT2D eigenvalue weighted by molar-refractivity contribution is -0.139. The lowest BCUT2D eigenvalue weighted by atomic mass is 10.2. The summed E-state index contributed by atoms with van der Waals surface area (Å²) in [6, 6.07) is 13.6. The first kappa shape index (κ1) is 24.8. The molecule has 0 spiro atoms. The zero-order valence-corrected chi connectivity index (χ0v) is 20.5. The lowest BCUT2D eigenvalue weighted by Gasteiger charge is -2.09. The molecule has 1 atom stereocenters. The summed E-state index contributed by atoms with van der Waals surface area (Å²) in [5.41, 5.74) is 1.44. The molecule has 0 bridgehead atoms. The number of carboxylic acids is 1. The number of aliphatic imine (C=N–C) groups is 1. The minimum Gasteiger partial charge on any atom is -0.504 e. The molecule has 186 valence electrons. The van der Waals surface area contributed by atoms with Gasteiger partial charge in [0, 0.05) is 7.05 Å². The Balaban J connectivity index is 1.76. The summed E-state index contributed by atoms with van der Waals surface area (Å²) in [4.78, 5) is 42.1. The summed E-state index contributed by atoms with van der Waals surface area (Å²) >= 11 is 0.933. The maximum absolute atomic E-state index is 13.3. The molecule has 0 unspecified atom stereocenters. The SMILES string of the molecule is COc1cc(/C=N\N2C(=O)[C@@H](CC(=O)O)SC2=Nc2c(C)n(C)n(-c3ccccc3)c2=O)ccc1O. The number of carbonyl (C=O) groups is 2. The number of benzene rings is 2. The van der Waals surface area contributed by atoms with Gasteiger partial charge in [-0.2, -0.15) is 10.1 Å². The van der Waals surface area contributed by atoms with Crippen LogP contribution in [0, 0.1) is 6.92 Å². The number of ether oxygens (including phenoxy) is 1. The average Bonchev–Trinajstić information content (AvgIpc) is 3.26. The van der Waals surface area contributed by atoms with Crippen molar-refractivity contribution in [3.05, 3.63) is 70.1 Å². The first-order chi connectivity index (χ1) is 17.2. The molecule has 1 aliphatic rings. The van der Waals surface area contributed by atoms with Gasteiger partial charge in [-0.3, -0.25) is 19.1 Å². The van der Waals surface area contributed by atoms with Gasteiger partial charge in [-0.1, -0.05) is 30.0 Å². The van der Waals surface area contributed by atoms with Crippen molar-refractivity contribution in [1.29, 1.82) is 0 Å². The fraction of sp³-hybridized carbons (Fsp3) is 0.208. The van der Waals surface area contributed by atoms with Crippen LogP contribution in [0.4, 0.5) is 5.69 Å². The number of methoxy groups -OCH3 is 1. The number of phenols is 1. The standard InChI is InChI=1S/C24H23N5O6S/c1-14-21(23(34)29(27(14)2)16-7-5-4-6-8-16)26-24-28(22(33)19(36-24)12-20(31)32)25-13-15-9-10-17(30)18(11-15)35-3/h4-11,13,19,30H,12H2,1-3H3,(H,31,32)/b25-13-,26-24?/t19-/m1/s1. The van der Waals surface area contributed by atoms with E-state index in [4.69, 9.17) is 4.74 Å². The van der Waals surface area contributed by atoms with Crippen LogP contribution in [0.15, 0.2) is 63.4 Å². The van der Waals surface area contributed by atoms with E-state index in [1.807, 2.05) is 18.2 Å². The van der Waals surface area contributed by atoms with E-state index in [0.717, 1.165) is 16.8 Å². The largest absolute Gasteiger partial charge is 0.504 e. The molecular weight excluding hydrogens is 486 g/mol. The summed E-state index contributed by atoms with van der Waals surface area (Å²) in [6.45, 7) is 1.73. The Bertz CT molecular complexity index is 1440. The molecule has 0 saturated carbocycles. The number of aromatic nitrogens is 2. The van der Waals surface area contributed by atoms with E-state index in [1.165, 1.54) is 30.1 Å². The number of carbonyl (C=O) groups excluding carboxylic acids is 1. The number of aliphatic carboxylic acids is 1. The van der Waals surface area contributed by atoms with Crippen molar-refractivity contribution in [2.75, 3.05) is 7.11 Å². The highest BCUT2D eigenvalue weighted by Gasteiger charge is 2.40. The topological polar surface area (TPSA) is 139 Å². The lowest BCUT2D eigenvalue weighted by Crippen LogP contribution is -2.28. The van der Waals surface area contributed by atoms with Crippen molar-refractivity contribution < 1.29 is 24.5 Å². The summed E-state index contributed by atoms with van der Waals surface area (Å²) in [5, 5.41) is 23.4. The Morgan fingerprint density at radius 1 is 1.19 bits per heavy atom. The first-order valence-electron chi connectivity index (χ1n) is 10.8. The van der Waals surface area contributed by atoms with Gasteiger partial charge in [0.15, 0.2) is 22.4 Å². The molecule has 2 aromatic carbocycles. The molecule has 0 radical (unpaired) electrons. The molecule has 0 aliphatic carbocycles. The highest BCUT2D eigenvalue weighted by Crippen LogP contribution is 2.32. The van der Waals surface area contributed by atoms with Gasteiger partial charge in [-0.25, -0.2) is 9.67 Å². The number of nitrogens with zero attached hydrogens (tertiary/aromatic N) is 5. The van der Waals surface area contributed by atoms with Crippen LogP contribution in [0.5, 0.6) is 11.5 Å². The van der Waals surface area contributed by atoms with E-state index in [2.05, 4.69) is 10.1 Å². The third-order valence-electron chi connectivity index (χ3n) is 5.53. The van der Waals surface area contributed by atoms with E-state index in [0.29, 0.717) is 16.9 Å². The number of carboxylic acid groups (broad SMARTS) is 1. The van der Waals surface area contributed by atoms with Crippen LogP contribution >= 0.6 is 11.8 Å². The Morgan fingerprint density at radius 2 is 1.92 bits per heavy atom. The van der Waals surface area contributed by atoms with E-state index < -0.39 is 29.1 Å². The molecule has 1 fully saturated rings. The Morgan fingerprint density at radius 3 is 2.58 bits per heavy atom. The number of phenolic OH excluding ortho intramolecular Hbond substituents is 1. The predicted molar refractivity (Wildman–Crippen MR) is 136 cm³/mol. The van der Waals surface area contributed by atoms with Crippen molar-refractivity contribution >= 4 is 40.7 Å². The number of amides is 1. The molecule has 1 amide bonds. The summed E-state index contributed by atoms with van der Waals surface area (Å²) in [5.74, 6) is -1.54. The molecule has 2 N–H and O–H groups in total. The van der Waals surface area contributed by atoms with E-state index in [9.17, 15) is 24.6 Å². The molecule has 12 heteroatoms. The second kappa shape index (κ2) is 10.1. The van der Waals surface area contributed by atoms with Crippen molar-refractivity contribution in [2.45, 2.75) is 18.6 Å². The minimum absolute atomic E-state index is 0.0551. The van der Waals surface area contributed by atoms with E-state index in [-0.39, 0.29) is 22.4 Å². The minimum atomic E-state index is -1.14. The van der Waals surface area contributed by atoms with Crippen molar-refractivity contribution in [3.8, 4) is 17.2 Å². The second-order valence-corrected chi connectivity index (χ2v) is 9.00. The van der Waals surface area contributed by atoms with Gasteiger partial charge in [-0.05, 0) is 42.8 Å². The quantitative estimate of drug-likeness (QED) is 0.467. The molecule has 1 aliphatic heterocycles. The van der Waals surface area contributed by atoms with Crippen LogP contribution in [-0.4, -0.2) is 60.2 Å². The number of aromatic hydroxyl groups is 1. The summed E-state index contributed by atoms with van der Waals surface area (Å²) in [6.07, 6.45) is 0.933. The van der Waals surface area contributed by atoms with Gasteiger partial charge in [0.05, 0.1) is 31.1 Å². The number of rotatable bonds is 7. The molecule has 36 heavy (non-hydrogen) atoms. The number of para-hydroxylation sites is 1. The van der Waals surface area contributed by atoms with E-state index >= 15 is 0 Å². The number of hydrazone groups is 1. The zero-order chi connectivity index (χ0) is 26.0. The molecule has 4 rings (SSSR count). The smallest absolute Gasteiger partial charge is 0.305 e. The summed E-state index contributed by atoms with van der Waals surface area (Å²) < 4.78 is 8.21. The molecule has 1 aromatic heterocycles. The number of thioether (sulfide) groups is 1. The van der Waals surface area contributed by atoms with Crippen molar-refractivity contribution in [2.24, 2.45) is 17.1 Å². The Labute approximate surface area is 209 Å². The van der Waals surface area contributed by atoms with Crippen LogP contribution in [0.25, 0.3) is 5.69 Å². The van der Waals surface area contributed by atoms with Gasteiger partial charge in [-0.15, -0.1) is 0 Å². The fourth-order valence-corrected chi connectivity index (χ4v) is 4.67. The molecule has 1 saturated heterocycles. The number of amidine groups is 1. The van der Waals surface area contributed by atoms with Crippen LogP contribution in [0.1, 0.15) is 17.7 Å². The maximum Gasteiger partial charge on any atom is 0.305 e. The predicted octanol–water partition coefficient (Wildman–Crippen LogP) is 2.64. The van der Waals surface area contributed by atoms with Gasteiger partial charge in [0.25, 0.3) is 11.5 Å². The molecular formula is C24H23N5O6S. The van der Waals surface area contributed by atoms with Crippen LogP contribution in [-0.2, 0) is 16.6 Å². The monoisotopic (exact) mass is 509 g/mol. The molecule has 2 heterocycles. The van der Waals surface area contributed by atoms with Gasteiger partial charge >= 0.3 is 5.97 Å². The highest BCUT2D eigenvalue weighted by molar-refractivity contribution is 8.15. The van der Waals surface area contributed by atoms with Crippen molar-refractivity contribution in [3.63, 3.8) is 0 Å². The fourth-order valence-electron chi connectivity index (χ4n) is 3.60. The average molecular weight is 510 g/mol. The first-order valence-corrected chi connectivity index (χ1v) is 11.6. The van der Waals surface area contributed by atoms with E-state index in [1.54, 1.807) is 36.9 Å². The van der Waals surface area contributed by atoms with Crippen molar-refractivity contribution in [1.82, 2.24) is 14.4 Å². The third kappa shape index (κ3) is 4.75.